The summed E-state index contributed by atoms with van der Waals surface area (Å²) in [5.74, 6) is -0.733. The summed E-state index contributed by atoms with van der Waals surface area (Å²) in [5.41, 5.74) is -0.218. The van der Waals surface area contributed by atoms with Crippen LogP contribution in [0.5, 0.6) is 0 Å². The third-order valence-electron chi connectivity index (χ3n) is 5.19. The van der Waals surface area contributed by atoms with Gasteiger partial charge >= 0.3 is 5.97 Å². The molecule has 0 aliphatic carbocycles. The summed E-state index contributed by atoms with van der Waals surface area (Å²) >= 11 is 0. The van der Waals surface area contributed by atoms with Crippen LogP contribution < -0.4 is 0 Å². The molecule has 126 valence electrons. The molecule has 2 rings (SSSR count). The summed E-state index contributed by atoms with van der Waals surface area (Å²) in [6.07, 6.45) is 1.19. The predicted molar refractivity (Wildman–Crippen MR) is 90.0 cm³/mol. The summed E-state index contributed by atoms with van der Waals surface area (Å²) in [5, 5.41) is 9.63. The number of carbonyl (C=O) groups excluding carboxylic acids is 1. The lowest BCUT2D eigenvalue weighted by Gasteiger charge is -2.32. The predicted octanol–water partition coefficient (Wildman–Crippen LogP) is 3.21. The maximum Gasteiger partial charge on any atom is 0.311 e. The molecule has 1 aromatic rings. The van der Waals surface area contributed by atoms with E-state index in [1.54, 1.807) is 4.90 Å². The molecule has 1 N–H and O–H groups in total. The third-order valence-corrected chi connectivity index (χ3v) is 5.19. The van der Waals surface area contributed by atoms with Crippen LogP contribution in [0, 0.1) is 16.7 Å². The van der Waals surface area contributed by atoms with Crippen LogP contribution in [0.3, 0.4) is 0 Å². The Labute approximate surface area is 138 Å². The molecule has 23 heavy (non-hydrogen) atoms. The Morgan fingerprint density at radius 2 is 1.87 bits per heavy atom. The van der Waals surface area contributed by atoms with E-state index >= 15 is 0 Å². The molecular formula is C19H27NO3. The van der Waals surface area contributed by atoms with Crippen molar-refractivity contribution in [3.8, 4) is 0 Å². The van der Waals surface area contributed by atoms with Crippen molar-refractivity contribution in [2.75, 3.05) is 13.1 Å². The molecular weight excluding hydrogens is 290 g/mol. The zero-order chi connectivity index (χ0) is 17.3. The molecule has 1 atom stereocenters. The molecule has 1 saturated heterocycles. The number of amides is 1. The zero-order valence-corrected chi connectivity index (χ0v) is 14.5. The number of benzene rings is 1. The SMILES string of the molecule is CC(C)C1(C(=O)O)CCN(C(=O)C(C)(C)Cc2ccccc2)C1. The van der Waals surface area contributed by atoms with Crippen molar-refractivity contribution in [2.24, 2.45) is 16.7 Å². The topological polar surface area (TPSA) is 57.6 Å². The van der Waals surface area contributed by atoms with Crippen LogP contribution in [0.4, 0.5) is 0 Å². The molecule has 0 bridgehead atoms. The molecule has 4 heteroatoms. The second kappa shape index (κ2) is 6.34. The van der Waals surface area contributed by atoms with Gasteiger partial charge in [-0.15, -0.1) is 0 Å². The number of nitrogens with zero attached hydrogens (tertiary/aromatic N) is 1. The minimum atomic E-state index is -0.807. The molecule has 0 radical (unpaired) electrons. The average molecular weight is 317 g/mol. The highest BCUT2D eigenvalue weighted by molar-refractivity contribution is 5.84. The number of rotatable bonds is 5. The van der Waals surface area contributed by atoms with Crippen molar-refractivity contribution in [2.45, 2.75) is 40.5 Å². The first-order valence-corrected chi connectivity index (χ1v) is 8.26. The Balaban J connectivity index is 2.13. The summed E-state index contributed by atoms with van der Waals surface area (Å²) in [6.45, 7) is 8.59. The fourth-order valence-electron chi connectivity index (χ4n) is 3.51. The smallest absolute Gasteiger partial charge is 0.311 e. The molecule has 1 aliphatic rings. The lowest BCUT2D eigenvalue weighted by molar-refractivity contribution is -0.151. The summed E-state index contributed by atoms with van der Waals surface area (Å²) in [7, 11) is 0. The van der Waals surface area contributed by atoms with Gasteiger partial charge < -0.3 is 10.0 Å². The first kappa shape index (κ1) is 17.5. The monoisotopic (exact) mass is 317 g/mol. The van der Waals surface area contributed by atoms with E-state index in [4.69, 9.17) is 0 Å². The number of hydrogen-bond acceptors (Lipinski definition) is 2. The summed E-state index contributed by atoms with van der Waals surface area (Å²) < 4.78 is 0. The molecule has 4 nitrogen and oxygen atoms in total. The Morgan fingerprint density at radius 3 is 2.35 bits per heavy atom. The van der Waals surface area contributed by atoms with Gasteiger partial charge in [0, 0.05) is 18.5 Å². The highest BCUT2D eigenvalue weighted by Gasteiger charge is 2.50. The number of likely N-dealkylation sites (tertiary alicyclic amines) is 1. The molecule has 1 heterocycles. The summed E-state index contributed by atoms with van der Waals surface area (Å²) in [4.78, 5) is 26.4. The first-order chi connectivity index (χ1) is 10.7. The number of carboxylic acid groups (broad SMARTS) is 1. The van der Waals surface area contributed by atoms with E-state index in [9.17, 15) is 14.7 Å². The maximum atomic E-state index is 12.9. The van der Waals surface area contributed by atoms with E-state index in [2.05, 4.69) is 0 Å². The van der Waals surface area contributed by atoms with Crippen LogP contribution in [0.15, 0.2) is 30.3 Å². The van der Waals surface area contributed by atoms with Crippen molar-refractivity contribution in [1.82, 2.24) is 4.90 Å². The van der Waals surface area contributed by atoms with Crippen molar-refractivity contribution < 1.29 is 14.7 Å². The molecule has 0 spiro atoms. The Hall–Kier alpha value is -1.84. The lowest BCUT2D eigenvalue weighted by Crippen LogP contribution is -2.44. The van der Waals surface area contributed by atoms with Gasteiger partial charge in [0.15, 0.2) is 0 Å². The van der Waals surface area contributed by atoms with Gasteiger partial charge in [-0.2, -0.15) is 0 Å². The van der Waals surface area contributed by atoms with Crippen molar-refractivity contribution in [3.63, 3.8) is 0 Å². The minimum Gasteiger partial charge on any atom is -0.481 e. The van der Waals surface area contributed by atoms with E-state index in [0.717, 1.165) is 5.56 Å². The lowest BCUT2D eigenvalue weighted by atomic mass is 9.76. The van der Waals surface area contributed by atoms with Crippen LogP contribution >= 0.6 is 0 Å². The second-order valence-electron chi connectivity index (χ2n) is 7.64. The Morgan fingerprint density at radius 1 is 1.26 bits per heavy atom. The van der Waals surface area contributed by atoms with Gasteiger partial charge in [0.2, 0.25) is 5.91 Å². The van der Waals surface area contributed by atoms with Gasteiger partial charge in [0.1, 0.15) is 0 Å². The van der Waals surface area contributed by atoms with Gasteiger partial charge in [0.05, 0.1) is 5.41 Å². The van der Waals surface area contributed by atoms with Crippen LogP contribution in [0.2, 0.25) is 0 Å². The van der Waals surface area contributed by atoms with Gasteiger partial charge in [-0.25, -0.2) is 0 Å². The Bertz CT molecular complexity index is 580. The van der Waals surface area contributed by atoms with E-state index in [-0.39, 0.29) is 11.8 Å². The molecule has 1 aliphatic heterocycles. The van der Waals surface area contributed by atoms with E-state index in [0.29, 0.717) is 25.9 Å². The standard InChI is InChI=1S/C19H27NO3/c1-14(2)19(17(22)23)10-11-20(13-19)16(21)18(3,4)12-15-8-6-5-7-9-15/h5-9,14H,10-13H2,1-4H3,(H,22,23). The number of hydrogen-bond donors (Lipinski definition) is 1. The Kier molecular flexibility index (Phi) is 4.83. The maximum absolute atomic E-state index is 12.9. The van der Waals surface area contributed by atoms with Crippen LogP contribution in [0.1, 0.15) is 39.7 Å². The largest absolute Gasteiger partial charge is 0.481 e. The fourth-order valence-corrected chi connectivity index (χ4v) is 3.51. The minimum absolute atomic E-state index is 0.00929. The van der Waals surface area contributed by atoms with E-state index < -0.39 is 16.8 Å². The molecule has 1 unspecified atom stereocenters. The molecule has 1 fully saturated rings. The highest BCUT2D eigenvalue weighted by Crippen LogP contribution is 2.40. The van der Waals surface area contributed by atoms with E-state index in [1.165, 1.54) is 0 Å². The summed E-state index contributed by atoms with van der Waals surface area (Å²) in [6, 6.07) is 9.95. The fraction of sp³-hybridized carbons (Fsp3) is 0.579. The van der Waals surface area contributed by atoms with Crippen molar-refractivity contribution in [3.05, 3.63) is 35.9 Å². The third kappa shape index (κ3) is 3.41. The van der Waals surface area contributed by atoms with Gasteiger partial charge in [-0.05, 0) is 24.3 Å². The van der Waals surface area contributed by atoms with Gasteiger partial charge in [0.25, 0.3) is 0 Å². The average Bonchev–Trinajstić information content (AvgIpc) is 2.93. The first-order valence-electron chi connectivity index (χ1n) is 8.26. The number of carbonyl (C=O) groups is 2. The number of carboxylic acids is 1. The molecule has 1 aromatic carbocycles. The normalized spacial score (nSPS) is 21.7. The van der Waals surface area contributed by atoms with Gasteiger partial charge in [-0.1, -0.05) is 58.0 Å². The highest BCUT2D eigenvalue weighted by atomic mass is 16.4. The molecule has 0 saturated carbocycles. The van der Waals surface area contributed by atoms with Crippen LogP contribution in [-0.4, -0.2) is 35.0 Å². The second-order valence-corrected chi connectivity index (χ2v) is 7.64. The van der Waals surface area contributed by atoms with E-state index in [1.807, 2.05) is 58.0 Å². The zero-order valence-electron chi connectivity index (χ0n) is 14.5. The molecule has 1 amide bonds. The van der Waals surface area contributed by atoms with Crippen molar-refractivity contribution >= 4 is 11.9 Å². The number of aliphatic carboxylic acids is 1. The van der Waals surface area contributed by atoms with Crippen molar-refractivity contribution in [1.29, 1.82) is 0 Å². The quantitative estimate of drug-likeness (QED) is 0.907. The van der Waals surface area contributed by atoms with Gasteiger partial charge in [-0.3, -0.25) is 9.59 Å². The van der Waals surface area contributed by atoms with Crippen LogP contribution in [-0.2, 0) is 16.0 Å². The van der Waals surface area contributed by atoms with Crippen LogP contribution in [0.25, 0.3) is 0 Å². The molecule has 0 aromatic heterocycles.